The van der Waals surface area contributed by atoms with Crippen LogP contribution in [0.4, 0.5) is 0 Å². The van der Waals surface area contributed by atoms with Crippen LogP contribution < -0.4 is 11.1 Å². The van der Waals surface area contributed by atoms with Gasteiger partial charge in [0.05, 0.1) is 5.02 Å². The third-order valence-electron chi connectivity index (χ3n) is 3.47. The Kier molecular flexibility index (Phi) is 6.68. The van der Waals surface area contributed by atoms with E-state index >= 15 is 0 Å². The second-order valence-corrected chi connectivity index (χ2v) is 4.93. The fourth-order valence-corrected chi connectivity index (χ4v) is 2.72. The number of ketones is 1. The van der Waals surface area contributed by atoms with E-state index in [2.05, 4.69) is 23.4 Å². The molecule has 1 unspecified atom stereocenters. The number of carbonyl (C=O) groups excluding carboxylic acids is 1. The van der Waals surface area contributed by atoms with Gasteiger partial charge < -0.3 is 11.1 Å². The molecule has 0 heterocycles. The predicted octanol–water partition coefficient (Wildman–Crippen LogP) is 3.11. The zero-order valence-electron chi connectivity index (χ0n) is 11.5. The van der Waals surface area contributed by atoms with Crippen molar-refractivity contribution >= 4 is 35.5 Å². The van der Waals surface area contributed by atoms with E-state index in [1.807, 2.05) is 19.2 Å². The van der Waals surface area contributed by atoms with Crippen molar-refractivity contribution in [3.8, 4) is 0 Å². The molecule has 2 rings (SSSR count). The fraction of sp³-hybridized carbons (Fsp3) is 0.333. The number of fused-ring (bicyclic) bond motifs is 1. The van der Waals surface area contributed by atoms with Gasteiger partial charge in [0.1, 0.15) is 0 Å². The SMILES string of the molecule is C=S.CN/C(=C\N)CC1CCc2cccc(Cl)c2C1=O. The van der Waals surface area contributed by atoms with E-state index in [1.165, 1.54) is 6.20 Å². The number of carbonyl (C=O) groups is 1. The van der Waals surface area contributed by atoms with Crippen LogP contribution in [0.5, 0.6) is 0 Å². The molecule has 0 amide bonds. The van der Waals surface area contributed by atoms with Crippen molar-refractivity contribution in [3.63, 3.8) is 0 Å². The van der Waals surface area contributed by atoms with Crippen molar-refractivity contribution in [2.45, 2.75) is 19.3 Å². The van der Waals surface area contributed by atoms with Crippen molar-refractivity contribution in [2.75, 3.05) is 7.05 Å². The van der Waals surface area contributed by atoms with E-state index in [1.54, 1.807) is 6.07 Å². The van der Waals surface area contributed by atoms with Gasteiger partial charge in [-0.1, -0.05) is 36.0 Å². The molecule has 3 nitrogen and oxygen atoms in total. The summed E-state index contributed by atoms with van der Waals surface area (Å²) >= 11 is 9.96. The number of hydrogen-bond acceptors (Lipinski definition) is 4. The monoisotopic (exact) mass is 310 g/mol. The van der Waals surface area contributed by atoms with Gasteiger partial charge in [0.2, 0.25) is 0 Å². The summed E-state index contributed by atoms with van der Waals surface area (Å²) in [7, 11) is 1.81. The highest BCUT2D eigenvalue weighted by Gasteiger charge is 2.29. The average molecular weight is 311 g/mol. The van der Waals surface area contributed by atoms with Crippen LogP contribution in [0.3, 0.4) is 0 Å². The molecule has 0 aliphatic heterocycles. The lowest BCUT2D eigenvalue weighted by atomic mass is 9.80. The number of nitrogens with one attached hydrogen (secondary N) is 1. The maximum atomic E-state index is 12.4. The number of aryl methyl sites for hydroxylation is 1. The lowest BCUT2D eigenvalue weighted by molar-refractivity contribution is 0.0900. The Morgan fingerprint density at radius 3 is 2.90 bits per heavy atom. The fourth-order valence-electron chi connectivity index (χ4n) is 2.43. The highest BCUT2D eigenvalue weighted by molar-refractivity contribution is 7.77. The molecule has 0 bridgehead atoms. The maximum absolute atomic E-state index is 12.4. The quantitative estimate of drug-likeness (QED) is 0.842. The van der Waals surface area contributed by atoms with Gasteiger partial charge in [-0.15, -0.1) is 0 Å². The van der Waals surface area contributed by atoms with Crippen molar-refractivity contribution in [1.82, 2.24) is 5.32 Å². The number of allylic oxidation sites excluding steroid dienone is 1. The largest absolute Gasteiger partial charge is 0.403 e. The molecule has 0 radical (unpaired) electrons. The second-order valence-electron chi connectivity index (χ2n) is 4.52. The minimum Gasteiger partial charge on any atom is -0.403 e. The van der Waals surface area contributed by atoms with Gasteiger partial charge in [-0.2, -0.15) is 0 Å². The molecule has 20 heavy (non-hydrogen) atoms. The molecule has 5 heteroatoms. The Morgan fingerprint density at radius 1 is 1.60 bits per heavy atom. The average Bonchev–Trinajstić information content (AvgIpc) is 2.49. The van der Waals surface area contributed by atoms with Crippen molar-refractivity contribution in [3.05, 3.63) is 46.2 Å². The number of thiocarbonyl (C=S) groups is 1. The van der Waals surface area contributed by atoms with Gasteiger partial charge in [-0.05, 0) is 36.8 Å². The smallest absolute Gasteiger partial charge is 0.168 e. The number of hydrogen-bond donors (Lipinski definition) is 2. The molecular weight excluding hydrogens is 292 g/mol. The summed E-state index contributed by atoms with van der Waals surface area (Å²) < 4.78 is 0. The molecule has 1 atom stereocenters. The predicted molar refractivity (Wildman–Crippen MR) is 88.3 cm³/mol. The minimum absolute atomic E-state index is 0.0281. The summed E-state index contributed by atoms with van der Waals surface area (Å²) in [5.41, 5.74) is 8.16. The number of rotatable bonds is 3. The summed E-state index contributed by atoms with van der Waals surface area (Å²) in [4.78, 5) is 12.4. The Balaban J connectivity index is 0.000000956. The van der Waals surface area contributed by atoms with Crippen molar-refractivity contribution < 1.29 is 4.79 Å². The van der Waals surface area contributed by atoms with Gasteiger partial charge in [0.15, 0.2) is 5.78 Å². The molecule has 108 valence electrons. The van der Waals surface area contributed by atoms with Crippen molar-refractivity contribution in [2.24, 2.45) is 11.7 Å². The molecular formula is C15H19ClN2OS. The summed E-state index contributed by atoms with van der Waals surface area (Å²) in [6, 6.07) is 5.65. The van der Waals surface area contributed by atoms with Gasteiger partial charge in [-0.3, -0.25) is 4.79 Å². The molecule has 1 aromatic rings. The highest BCUT2D eigenvalue weighted by Crippen LogP contribution is 2.33. The topological polar surface area (TPSA) is 55.1 Å². The number of Topliss-reactive ketones (excluding diaryl/α,β-unsaturated/α-hetero) is 1. The van der Waals surface area contributed by atoms with Crippen LogP contribution >= 0.6 is 23.8 Å². The van der Waals surface area contributed by atoms with Crippen LogP contribution in [0.1, 0.15) is 28.8 Å². The first-order chi connectivity index (χ1) is 9.67. The lowest BCUT2D eigenvalue weighted by Crippen LogP contribution is -2.25. The third-order valence-corrected chi connectivity index (χ3v) is 3.78. The minimum atomic E-state index is -0.0281. The first kappa shape index (κ1) is 16.7. The number of benzene rings is 1. The summed E-state index contributed by atoms with van der Waals surface area (Å²) in [6.45, 7) is 0. The first-order valence-electron chi connectivity index (χ1n) is 6.36. The Labute approximate surface area is 130 Å². The van der Waals surface area contributed by atoms with Crippen LogP contribution in [0.2, 0.25) is 5.02 Å². The van der Waals surface area contributed by atoms with Crippen molar-refractivity contribution in [1.29, 1.82) is 0 Å². The molecule has 0 fully saturated rings. The van der Waals surface area contributed by atoms with E-state index in [-0.39, 0.29) is 11.7 Å². The summed E-state index contributed by atoms with van der Waals surface area (Å²) in [5.74, 6) is 2.94. The van der Waals surface area contributed by atoms with Crippen LogP contribution in [0, 0.1) is 5.92 Å². The highest BCUT2D eigenvalue weighted by atomic mass is 35.5. The van der Waals surface area contributed by atoms with E-state index < -0.39 is 0 Å². The van der Waals surface area contributed by atoms with E-state index in [9.17, 15) is 4.79 Å². The first-order valence-corrected chi connectivity index (χ1v) is 7.32. The number of halogens is 1. The van der Waals surface area contributed by atoms with Gasteiger partial charge in [-0.25, -0.2) is 0 Å². The van der Waals surface area contributed by atoms with Gasteiger partial charge >= 0.3 is 0 Å². The molecule has 0 spiro atoms. The van der Waals surface area contributed by atoms with E-state index in [0.29, 0.717) is 17.0 Å². The molecule has 1 aromatic carbocycles. The van der Waals surface area contributed by atoms with Crippen LogP contribution in [0.15, 0.2) is 30.1 Å². The Bertz CT molecular complexity index is 517. The summed E-state index contributed by atoms with van der Waals surface area (Å²) in [5, 5.41) is 3.57. The lowest BCUT2D eigenvalue weighted by Gasteiger charge is -2.24. The zero-order valence-corrected chi connectivity index (χ0v) is 13.1. The van der Waals surface area contributed by atoms with Crippen LogP contribution in [-0.4, -0.2) is 18.7 Å². The molecule has 0 aromatic heterocycles. The zero-order chi connectivity index (χ0) is 15.1. The third kappa shape index (κ3) is 3.58. The van der Waals surface area contributed by atoms with Gasteiger partial charge in [0, 0.05) is 30.4 Å². The molecule has 1 aliphatic rings. The molecule has 0 saturated heterocycles. The van der Waals surface area contributed by atoms with Gasteiger partial charge in [0.25, 0.3) is 0 Å². The number of nitrogens with two attached hydrogens (primary N) is 1. The standard InChI is InChI=1S/C14H17ClN2O.CH2S/c1-17-11(8-16)7-10-6-5-9-3-2-4-12(15)13(9)14(10)18;1-2/h2-4,8,10,17H,5-7,16H2,1H3;1H2/b11-8-;. The van der Waals surface area contributed by atoms with Crippen LogP contribution in [-0.2, 0) is 6.42 Å². The molecule has 0 saturated carbocycles. The van der Waals surface area contributed by atoms with E-state index in [4.69, 9.17) is 17.3 Å². The normalized spacial score (nSPS) is 17.8. The maximum Gasteiger partial charge on any atom is 0.168 e. The Hall–Kier alpha value is -1.39. The summed E-state index contributed by atoms with van der Waals surface area (Å²) in [6.07, 6.45) is 3.92. The second kappa shape index (κ2) is 8.02. The molecule has 3 N–H and O–H groups in total. The Morgan fingerprint density at radius 2 is 2.30 bits per heavy atom. The van der Waals surface area contributed by atoms with E-state index in [0.717, 1.165) is 24.1 Å². The molecule has 1 aliphatic carbocycles. The van der Waals surface area contributed by atoms with Crippen LogP contribution in [0.25, 0.3) is 0 Å².